The third-order valence-electron chi connectivity index (χ3n) is 1.92. The maximum atomic E-state index is 9.05. The van der Waals surface area contributed by atoms with Gasteiger partial charge in [0.25, 0.3) is 0 Å². The van der Waals surface area contributed by atoms with E-state index in [2.05, 4.69) is 9.97 Å². The van der Waals surface area contributed by atoms with E-state index in [4.69, 9.17) is 33.0 Å². The SMILES string of the molecule is C[N+](C)(C)CC(O)CCl.ClCC1CO1.[Cl-].c1c[nH]cn1. The first kappa shape index (κ1) is 22.2. The van der Waals surface area contributed by atoms with Crippen LogP contribution in [0.2, 0.25) is 0 Å². The molecule has 0 radical (unpaired) electrons. The zero-order chi connectivity index (χ0) is 14.7. The molecule has 0 spiro atoms. The monoisotopic (exact) mass is 347 g/mol. The summed E-state index contributed by atoms with van der Waals surface area (Å²) >= 11 is 10.7. The second kappa shape index (κ2) is 12.7. The minimum atomic E-state index is -0.369. The average molecular weight is 349 g/mol. The molecule has 0 amide bonds. The van der Waals surface area contributed by atoms with Gasteiger partial charge in [-0.3, -0.25) is 0 Å². The predicted octanol–water partition coefficient (Wildman–Crippen LogP) is -1.67. The Labute approximate surface area is 137 Å². The van der Waals surface area contributed by atoms with Gasteiger partial charge in [-0.2, -0.15) is 0 Å². The summed E-state index contributed by atoms with van der Waals surface area (Å²) in [7, 11) is 6.07. The number of aliphatic hydroxyl groups excluding tert-OH is 1. The van der Waals surface area contributed by atoms with Gasteiger partial charge in [0.1, 0.15) is 12.6 Å². The van der Waals surface area contributed by atoms with Gasteiger partial charge in [-0.1, -0.05) is 0 Å². The van der Waals surface area contributed by atoms with Crippen molar-refractivity contribution < 1.29 is 26.7 Å². The average Bonchev–Trinajstić information content (AvgIpc) is 2.99. The number of ether oxygens (including phenoxy) is 1. The van der Waals surface area contributed by atoms with Crippen molar-refractivity contribution in [3.63, 3.8) is 0 Å². The summed E-state index contributed by atoms with van der Waals surface area (Å²) in [5.74, 6) is 0.996. The Morgan fingerprint density at radius 2 is 2.05 bits per heavy atom. The van der Waals surface area contributed by atoms with Crippen molar-refractivity contribution in [2.75, 3.05) is 46.1 Å². The molecule has 2 N–H and O–H groups in total. The van der Waals surface area contributed by atoms with Crippen LogP contribution in [0.3, 0.4) is 0 Å². The summed E-state index contributed by atoms with van der Waals surface area (Å²) in [6, 6.07) is 0. The molecule has 2 rings (SSSR count). The Morgan fingerprint density at radius 3 is 2.15 bits per heavy atom. The van der Waals surface area contributed by atoms with Crippen molar-refractivity contribution in [2.45, 2.75) is 12.2 Å². The lowest BCUT2D eigenvalue weighted by molar-refractivity contribution is -0.873. The zero-order valence-corrected chi connectivity index (χ0v) is 14.4. The highest BCUT2D eigenvalue weighted by atomic mass is 35.5. The van der Waals surface area contributed by atoms with Crippen molar-refractivity contribution in [1.82, 2.24) is 9.97 Å². The third-order valence-corrected chi connectivity index (χ3v) is 2.62. The smallest absolute Gasteiger partial charge is 0.116 e. The quantitative estimate of drug-likeness (QED) is 0.389. The maximum Gasteiger partial charge on any atom is 0.116 e. The topological polar surface area (TPSA) is 61.4 Å². The molecule has 1 aromatic rings. The molecule has 0 saturated carbocycles. The van der Waals surface area contributed by atoms with Crippen LogP contribution in [0.5, 0.6) is 0 Å². The summed E-state index contributed by atoms with van der Waals surface area (Å²) in [6.45, 7) is 1.59. The number of aromatic nitrogens is 2. The Balaban J connectivity index is 0. The van der Waals surface area contributed by atoms with E-state index in [1.807, 2.05) is 21.1 Å². The molecule has 120 valence electrons. The Morgan fingerprint density at radius 1 is 1.45 bits per heavy atom. The van der Waals surface area contributed by atoms with E-state index in [1.165, 1.54) is 0 Å². The van der Waals surface area contributed by atoms with Crippen molar-refractivity contribution >= 4 is 23.2 Å². The van der Waals surface area contributed by atoms with Crippen molar-refractivity contribution in [3.8, 4) is 0 Å². The fourth-order valence-electron chi connectivity index (χ4n) is 1.05. The molecule has 2 unspecified atom stereocenters. The van der Waals surface area contributed by atoms with Gasteiger partial charge in [0, 0.05) is 12.4 Å². The lowest BCUT2D eigenvalue weighted by Crippen LogP contribution is -3.00. The number of quaternary nitrogens is 1. The first-order valence-electron chi connectivity index (χ1n) is 6.04. The van der Waals surface area contributed by atoms with Crippen LogP contribution in [0, 0.1) is 0 Å². The van der Waals surface area contributed by atoms with E-state index < -0.39 is 0 Å². The summed E-state index contributed by atoms with van der Waals surface area (Å²) in [4.78, 5) is 6.42. The van der Waals surface area contributed by atoms with E-state index in [-0.39, 0.29) is 18.5 Å². The van der Waals surface area contributed by atoms with Crippen LogP contribution in [0.15, 0.2) is 18.7 Å². The number of aliphatic hydroxyl groups is 1. The summed E-state index contributed by atoms with van der Waals surface area (Å²) in [5, 5.41) is 9.05. The molecular weight excluding hydrogens is 325 g/mol. The van der Waals surface area contributed by atoms with Crippen LogP contribution >= 0.6 is 23.2 Å². The number of alkyl halides is 2. The minimum absolute atomic E-state index is 0. The lowest BCUT2D eigenvalue weighted by Gasteiger charge is -2.25. The normalized spacial score (nSPS) is 17.6. The van der Waals surface area contributed by atoms with Gasteiger partial charge in [-0.25, -0.2) is 4.98 Å². The molecule has 1 aliphatic rings. The second-order valence-corrected chi connectivity index (χ2v) is 5.77. The Kier molecular flexibility index (Phi) is 14.1. The van der Waals surface area contributed by atoms with E-state index >= 15 is 0 Å². The number of H-pyrrole nitrogens is 1. The zero-order valence-electron chi connectivity index (χ0n) is 12.1. The number of epoxide rings is 1. The number of imidazole rings is 1. The van der Waals surface area contributed by atoms with Crippen LogP contribution in [-0.4, -0.2) is 77.8 Å². The molecule has 1 saturated heterocycles. The van der Waals surface area contributed by atoms with Gasteiger partial charge in [0.2, 0.25) is 0 Å². The summed E-state index contributed by atoms with van der Waals surface area (Å²) < 4.78 is 5.48. The summed E-state index contributed by atoms with van der Waals surface area (Å²) in [5.41, 5.74) is 0. The van der Waals surface area contributed by atoms with Crippen molar-refractivity contribution in [1.29, 1.82) is 0 Å². The fourth-order valence-corrected chi connectivity index (χ4v) is 1.33. The predicted molar refractivity (Wildman–Crippen MR) is 78.7 cm³/mol. The van der Waals surface area contributed by atoms with Gasteiger partial charge in [-0.05, 0) is 0 Å². The largest absolute Gasteiger partial charge is 1.00 e. The van der Waals surface area contributed by atoms with Gasteiger partial charge in [0.05, 0.1) is 51.9 Å². The van der Waals surface area contributed by atoms with Crippen LogP contribution in [0.4, 0.5) is 0 Å². The number of nitrogens with one attached hydrogen (secondary N) is 1. The number of hydrogen-bond donors (Lipinski definition) is 2. The molecule has 1 fully saturated rings. The molecule has 20 heavy (non-hydrogen) atoms. The molecule has 8 heteroatoms. The number of likely N-dealkylation sites (N-methyl/N-ethyl adjacent to an activating group) is 1. The first-order valence-corrected chi connectivity index (χ1v) is 7.10. The number of aromatic amines is 1. The van der Waals surface area contributed by atoms with E-state index in [0.29, 0.717) is 24.4 Å². The highest BCUT2D eigenvalue weighted by Gasteiger charge is 2.19. The van der Waals surface area contributed by atoms with E-state index in [1.54, 1.807) is 18.7 Å². The van der Waals surface area contributed by atoms with Crippen molar-refractivity contribution in [2.24, 2.45) is 0 Å². The highest BCUT2D eigenvalue weighted by Crippen LogP contribution is 2.08. The van der Waals surface area contributed by atoms with Crippen LogP contribution in [0.25, 0.3) is 0 Å². The second-order valence-electron chi connectivity index (χ2n) is 5.15. The number of nitrogens with zero attached hydrogens (tertiary/aromatic N) is 2. The lowest BCUT2D eigenvalue weighted by atomic mass is 10.3. The minimum Gasteiger partial charge on any atom is -1.00 e. The van der Waals surface area contributed by atoms with E-state index in [9.17, 15) is 0 Å². The molecule has 0 aromatic carbocycles. The first-order chi connectivity index (χ1) is 8.89. The highest BCUT2D eigenvalue weighted by molar-refractivity contribution is 6.18. The van der Waals surface area contributed by atoms with Gasteiger partial charge in [-0.15, -0.1) is 23.2 Å². The molecule has 0 aliphatic carbocycles. The number of rotatable bonds is 4. The van der Waals surface area contributed by atoms with Gasteiger partial charge in [0.15, 0.2) is 0 Å². The molecular formula is C12H24Cl3N3O2. The van der Waals surface area contributed by atoms with E-state index in [0.717, 1.165) is 11.1 Å². The van der Waals surface area contributed by atoms with Crippen LogP contribution < -0.4 is 12.4 Å². The molecule has 1 aliphatic heterocycles. The standard InChI is InChI=1S/C6H15ClNO.C3H5ClO.C3H4N2.ClH/c1-8(2,3)5-6(9)4-7;4-1-3-2-5-3;1-2-5-3-4-1;/h6,9H,4-5H2,1-3H3;3H,1-2H2;1-3H,(H,4,5);1H/q+1;;;/p-1. The van der Waals surface area contributed by atoms with Gasteiger partial charge < -0.3 is 31.7 Å². The molecule has 5 nitrogen and oxygen atoms in total. The third kappa shape index (κ3) is 18.0. The Bertz CT molecular complexity index is 273. The van der Waals surface area contributed by atoms with Crippen LogP contribution in [0.1, 0.15) is 0 Å². The molecule has 0 bridgehead atoms. The van der Waals surface area contributed by atoms with Gasteiger partial charge >= 0.3 is 0 Å². The molecule has 2 atom stereocenters. The number of hydrogen-bond acceptors (Lipinski definition) is 3. The summed E-state index contributed by atoms with van der Waals surface area (Å²) in [6.07, 6.45) is 5.11. The molecule has 1 aromatic heterocycles. The Hall–Kier alpha value is -0.0400. The molecule has 2 heterocycles. The maximum absolute atomic E-state index is 9.05. The number of halogens is 3. The van der Waals surface area contributed by atoms with Crippen molar-refractivity contribution in [3.05, 3.63) is 18.7 Å². The van der Waals surface area contributed by atoms with Crippen LogP contribution in [-0.2, 0) is 4.74 Å². The fraction of sp³-hybridized carbons (Fsp3) is 0.750.